The number of carbonyl (C=O) groups is 2. The Morgan fingerprint density at radius 3 is 2.66 bits per heavy atom. The van der Waals surface area contributed by atoms with Gasteiger partial charge in [-0.25, -0.2) is 4.98 Å². The molecule has 2 fully saturated rings. The Bertz CT molecular complexity index is 1150. The minimum atomic E-state index is -0.600. The minimum Gasteiger partial charge on any atom is -0.457 e. The highest BCUT2D eigenvalue weighted by molar-refractivity contribution is 5.89. The third kappa shape index (κ3) is 5.82. The molecule has 8 nitrogen and oxygen atoms in total. The predicted molar refractivity (Wildman–Crippen MR) is 134 cm³/mol. The van der Waals surface area contributed by atoms with Gasteiger partial charge in [-0.3, -0.25) is 9.59 Å². The summed E-state index contributed by atoms with van der Waals surface area (Å²) >= 11 is 0. The summed E-state index contributed by atoms with van der Waals surface area (Å²) in [5.74, 6) is 1.20. The fourth-order valence-corrected chi connectivity index (χ4v) is 5.01. The molecule has 0 bridgehead atoms. The molecule has 2 aliphatic rings. The third-order valence-electron chi connectivity index (χ3n) is 7.03. The number of carbonyl (C=O) groups excluding carboxylic acids is 2. The highest BCUT2D eigenvalue weighted by atomic mass is 16.5. The van der Waals surface area contributed by atoms with Gasteiger partial charge in [0.2, 0.25) is 11.8 Å². The van der Waals surface area contributed by atoms with E-state index in [9.17, 15) is 9.59 Å². The number of amides is 2. The normalized spacial score (nSPS) is 19.4. The summed E-state index contributed by atoms with van der Waals surface area (Å²) < 4.78 is 6.07. The number of aromatic nitrogens is 2. The average molecular weight is 476 g/mol. The molecule has 2 amide bonds. The van der Waals surface area contributed by atoms with E-state index in [4.69, 9.17) is 4.74 Å². The van der Waals surface area contributed by atoms with Crippen LogP contribution in [0.15, 0.2) is 48.8 Å². The van der Waals surface area contributed by atoms with E-state index >= 15 is 0 Å². The van der Waals surface area contributed by atoms with Gasteiger partial charge in [0.15, 0.2) is 0 Å². The molecule has 2 atom stereocenters. The first-order valence-electron chi connectivity index (χ1n) is 12.7. The van der Waals surface area contributed by atoms with Crippen LogP contribution < -0.4 is 20.7 Å². The molecule has 1 aliphatic carbocycles. The van der Waals surface area contributed by atoms with Crippen molar-refractivity contribution in [2.75, 3.05) is 13.1 Å². The molecule has 2 aromatic heterocycles. The van der Waals surface area contributed by atoms with Gasteiger partial charge in [0, 0.05) is 31.4 Å². The predicted octanol–water partition coefficient (Wildman–Crippen LogP) is 3.44. The molecule has 1 saturated carbocycles. The van der Waals surface area contributed by atoms with E-state index in [0.717, 1.165) is 61.0 Å². The molecule has 35 heavy (non-hydrogen) atoms. The van der Waals surface area contributed by atoms with Crippen LogP contribution in [0.4, 0.5) is 0 Å². The van der Waals surface area contributed by atoms with Gasteiger partial charge in [0.1, 0.15) is 23.2 Å². The van der Waals surface area contributed by atoms with E-state index in [1.54, 1.807) is 6.20 Å². The van der Waals surface area contributed by atoms with Crippen molar-refractivity contribution in [2.24, 2.45) is 5.92 Å². The lowest BCUT2D eigenvalue weighted by Crippen LogP contribution is -2.52. The largest absolute Gasteiger partial charge is 0.457 e. The van der Waals surface area contributed by atoms with Crippen LogP contribution >= 0.6 is 0 Å². The van der Waals surface area contributed by atoms with Gasteiger partial charge in [-0.15, -0.1) is 0 Å². The highest BCUT2D eigenvalue weighted by Crippen LogP contribution is 2.28. The number of nitrogens with zero attached hydrogens (tertiary/aromatic N) is 1. The Hall–Kier alpha value is -3.39. The first kappa shape index (κ1) is 23.4. The number of ether oxygens (including phenoxy) is 1. The van der Waals surface area contributed by atoms with E-state index in [1.165, 1.54) is 6.42 Å². The summed E-state index contributed by atoms with van der Waals surface area (Å²) in [5, 5.41) is 10.4. The van der Waals surface area contributed by atoms with E-state index in [2.05, 4.69) is 25.9 Å². The van der Waals surface area contributed by atoms with E-state index < -0.39 is 6.04 Å². The smallest absolute Gasteiger partial charge is 0.243 e. The van der Waals surface area contributed by atoms with Crippen molar-refractivity contribution in [1.82, 2.24) is 25.9 Å². The van der Waals surface area contributed by atoms with Gasteiger partial charge in [-0.2, -0.15) is 0 Å². The number of H-pyrrole nitrogens is 1. The quantitative estimate of drug-likeness (QED) is 0.399. The van der Waals surface area contributed by atoms with Crippen LogP contribution in [0.3, 0.4) is 0 Å². The van der Waals surface area contributed by atoms with Gasteiger partial charge >= 0.3 is 0 Å². The van der Waals surface area contributed by atoms with Crippen molar-refractivity contribution in [3.8, 4) is 11.5 Å². The zero-order valence-electron chi connectivity index (χ0n) is 19.9. The first-order chi connectivity index (χ1) is 17.2. The SMILES string of the molecule is O=C(NC(Cc1ccc(Oc2ccnc3[nH]ccc23)cc1)C(=O)NC1CCCCC1)C1CCNC1. The van der Waals surface area contributed by atoms with Crippen LogP contribution in [0.2, 0.25) is 0 Å². The monoisotopic (exact) mass is 475 g/mol. The lowest BCUT2D eigenvalue weighted by Gasteiger charge is -2.26. The van der Waals surface area contributed by atoms with Crippen molar-refractivity contribution in [2.45, 2.75) is 57.0 Å². The maximum atomic E-state index is 13.2. The number of rotatable bonds is 8. The number of hydrogen-bond donors (Lipinski definition) is 4. The second-order valence-corrected chi connectivity index (χ2v) is 9.59. The third-order valence-corrected chi connectivity index (χ3v) is 7.03. The zero-order chi connectivity index (χ0) is 24.0. The van der Waals surface area contributed by atoms with Crippen LogP contribution in [0, 0.1) is 5.92 Å². The van der Waals surface area contributed by atoms with Crippen molar-refractivity contribution in [1.29, 1.82) is 0 Å². The molecule has 0 spiro atoms. The molecule has 4 N–H and O–H groups in total. The summed E-state index contributed by atoms with van der Waals surface area (Å²) in [6.45, 7) is 1.50. The molecule has 0 radical (unpaired) electrons. The van der Waals surface area contributed by atoms with Gasteiger partial charge in [0.05, 0.1) is 11.3 Å². The molecule has 8 heteroatoms. The molecule has 2 unspecified atom stereocenters. The number of fused-ring (bicyclic) bond motifs is 1. The Kier molecular flexibility index (Phi) is 7.28. The minimum absolute atomic E-state index is 0.0491. The second-order valence-electron chi connectivity index (χ2n) is 9.59. The topological polar surface area (TPSA) is 108 Å². The number of pyridine rings is 1. The van der Waals surface area contributed by atoms with Crippen molar-refractivity contribution < 1.29 is 14.3 Å². The van der Waals surface area contributed by atoms with Gasteiger partial charge in [-0.05, 0) is 55.6 Å². The second kappa shape index (κ2) is 10.9. The first-order valence-corrected chi connectivity index (χ1v) is 12.7. The molecule has 5 rings (SSSR count). The van der Waals surface area contributed by atoms with Gasteiger partial charge in [0.25, 0.3) is 0 Å². The lowest BCUT2D eigenvalue weighted by molar-refractivity contribution is -0.131. The summed E-state index contributed by atoms with van der Waals surface area (Å²) in [5.41, 5.74) is 1.74. The summed E-state index contributed by atoms with van der Waals surface area (Å²) in [6, 6.07) is 11.1. The number of hydrogen-bond acceptors (Lipinski definition) is 5. The molecule has 3 heterocycles. The molecular formula is C27H33N5O3. The van der Waals surface area contributed by atoms with E-state index in [-0.39, 0.29) is 23.8 Å². The van der Waals surface area contributed by atoms with Crippen LogP contribution in [0.1, 0.15) is 44.1 Å². The summed E-state index contributed by atoms with van der Waals surface area (Å²) in [4.78, 5) is 33.4. The molecule has 1 saturated heterocycles. The Labute approximate surface area is 205 Å². The maximum absolute atomic E-state index is 13.2. The Balaban J connectivity index is 1.26. The lowest BCUT2D eigenvalue weighted by atomic mass is 9.95. The average Bonchev–Trinajstić information content (AvgIpc) is 3.58. The molecule has 184 valence electrons. The maximum Gasteiger partial charge on any atom is 0.243 e. The van der Waals surface area contributed by atoms with Crippen LogP contribution in [0.5, 0.6) is 11.5 Å². The molecule has 1 aromatic carbocycles. The number of benzene rings is 1. The van der Waals surface area contributed by atoms with Crippen LogP contribution in [-0.2, 0) is 16.0 Å². The highest BCUT2D eigenvalue weighted by Gasteiger charge is 2.29. The fourth-order valence-electron chi connectivity index (χ4n) is 5.01. The van der Waals surface area contributed by atoms with Crippen molar-refractivity contribution >= 4 is 22.8 Å². The van der Waals surface area contributed by atoms with Crippen molar-refractivity contribution in [3.63, 3.8) is 0 Å². The molecule has 3 aromatic rings. The summed E-state index contributed by atoms with van der Waals surface area (Å²) in [7, 11) is 0. The number of aromatic amines is 1. The fraction of sp³-hybridized carbons (Fsp3) is 0.444. The van der Waals surface area contributed by atoms with Crippen LogP contribution in [0.25, 0.3) is 11.0 Å². The Morgan fingerprint density at radius 1 is 1.06 bits per heavy atom. The van der Waals surface area contributed by atoms with Crippen molar-refractivity contribution in [3.05, 3.63) is 54.4 Å². The summed E-state index contributed by atoms with van der Waals surface area (Å²) in [6.07, 6.45) is 10.3. The Morgan fingerprint density at radius 2 is 1.89 bits per heavy atom. The standard InChI is InChI=1S/C27H33N5O3/c33-26(19-10-13-28-17-19)32-23(27(34)31-20-4-2-1-3-5-20)16-18-6-8-21(9-7-18)35-24-12-15-30-25-22(24)11-14-29-25/h6-9,11-12,14-15,19-20,23,28H,1-5,10,13,16-17H2,(H,29,30)(H,31,34)(H,32,33). The molecule has 1 aliphatic heterocycles. The van der Waals surface area contributed by atoms with Crippen LogP contribution in [-0.4, -0.2) is 47.0 Å². The number of nitrogens with one attached hydrogen (secondary N) is 4. The molecular weight excluding hydrogens is 442 g/mol. The van der Waals surface area contributed by atoms with E-state index in [1.807, 2.05) is 42.6 Å². The van der Waals surface area contributed by atoms with Gasteiger partial charge < -0.3 is 25.7 Å². The van der Waals surface area contributed by atoms with E-state index in [0.29, 0.717) is 18.7 Å². The zero-order valence-corrected chi connectivity index (χ0v) is 19.9. The van der Waals surface area contributed by atoms with Gasteiger partial charge in [-0.1, -0.05) is 31.4 Å².